The number of nitrogens with one attached hydrogen (secondary N) is 1. The van der Waals surface area contributed by atoms with E-state index in [0.717, 1.165) is 22.8 Å². The molecular formula is C10H11N5S. The van der Waals surface area contributed by atoms with Gasteiger partial charge in [-0.3, -0.25) is 9.50 Å². The van der Waals surface area contributed by atoms with Crippen LogP contribution in [0.15, 0.2) is 23.8 Å². The van der Waals surface area contributed by atoms with E-state index >= 15 is 0 Å². The summed E-state index contributed by atoms with van der Waals surface area (Å²) in [5.74, 6) is 0. The summed E-state index contributed by atoms with van der Waals surface area (Å²) in [6, 6.07) is 1.91. The SMILES string of the molecule is NCCc1csc2nc(-c3ccn[nH]3)cn12. The largest absolute Gasteiger partial charge is 0.330 e. The molecule has 0 aliphatic carbocycles. The number of aromatic nitrogens is 4. The molecule has 0 aliphatic heterocycles. The summed E-state index contributed by atoms with van der Waals surface area (Å²) in [4.78, 5) is 5.52. The van der Waals surface area contributed by atoms with Gasteiger partial charge in [0.15, 0.2) is 4.96 Å². The van der Waals surface area contributed by atoms with Crippen LogP contribution in [0.3, 0.4) is 0 Å². The maximum Gasteiger partial charge on any atom is 0.194 e. The van der Waals surface area contributed by atoms with Crippen LogP contribution in [0.1, 0.15) is 5.69 Å². The Morgan fingerprint density at radius 1 is 1.50 bits per heavy atom. The van der Waals surface area contributed by atoms with E-state index < -0.39 is 0 Å². The summed E-state index contributed by atoms with van der Waals surface area (Å²) in [7, 11) is 0. The number of imidazole rings is 1. The highest BCUT2D eigenvalue weighted by Gasteiger charge is 2.09. The molecule has 0 saturated heterocycles. The van der Waals surface area contributed by atoms with Crippen LogP contribution in [0, 0.1) is 0 Å². The number of nitrogens with two attached hydrogens (primary N) is 1. The lowest BCUT2D eigenvalue weighted by molar-refractivity contribution is 0.909. The van der Waals surface area contributed by atoms with Crippen molar-refractivity contribution in [1.82, 2.24) is 19.6 Å². The number of fused-ring (bicyclic) bond motifs is 1. The highest BCUT2D eigenvalue weighted by molar-refractivity contribution is 7.15. The molecule has 0 aromatic carbocycles. The van der Waals surface area contributed by atoms with Crippen molar-refractivity contribution < 1.29 is 0 Å². The van der Waals surface area contributed by atoms with Crippen LogP contribution in [0.5, 0.6) is 0 Å². The Morgan fingerprint density at radius 3 is 3.19 bits per heavy atom. The van der Waals surface area contributed by atoms with Gasteiger partial charge >= 0.3 is 0 Å². The smallest absolute Gasteiger partial charge is 0.194 e. The van der Waals surface area contributed by atoms with Gasteiger partial charge < -0.3 is 5.73 Å². The zero-order valence-electron chi connectivity index (χ0n) is 8.55. The first-order valence-electron chi connectivity index (χ1n) is 5.04. The van der Waals surface area contributed by atoms with Crippen molar-refractivity contribution in [3.05, 3.63) is 29.5 Å². The van der Waals surface area contributed by atoms with Gasteiger partial charge in [0.2, 0.25) is 0 Å². The molecule has 3 aromatic heterocycles. The average Bonchev–Trinajstić information content (AvgIpc) is 2.93. The number of nitrogens with zero attached hydrogens (tertiary/aromatic N) is 3. The van der Waals surface area contributed by atoms with E-state index in [4.69, 9.17) is 5.73 Å². The Balaban J connectivity index is 2.09. The van der Waals surface area contributed by atoms with Crippen molar-refractivity contribution in [1.29, 1.82) is 0 Å². The van der Waals surface area contributed by atoms with E-state index in [-0.39, 0.29) is 0 Å². The molecule has 0 fully saturated rings. The van der Waals surface area contributed by atoms with Crippen LogP contribution in [-0.2, 0) is 6.42 Å². The molecule has 3 heterocycles. The van der Waals surface area contributed by atoms with Gasteiger partial charge in [-0.1, -0.05) is 0 Å². The third kappa shape index (κ3) is 1.43. The van der Waals surface area contributed by atoms with Crippen molar-refractivity contribution >= 4 is 16.3 Å². The number of H-pyrrole nitrogens is 1. The topological polar surface area (TPSA) is 72.0 Å². The summed E-state index contributed by atoms with van der Waals surface area (Å²) in [5.41, 5.74) is 8.63. The fourth-order valence-corrected chi connectivity index (χ4v) is 2.59. The van der Waals surface area contributed by atoms with Crippen molar-refractivity contribution in [2.45, 2.75) is 6.42 Å². The van der Waals surface area contributed by atoms with Gasteiger partial charge in [0.1, 0.15) is 5.69 Å². The molecule has 3 rings (SSSR count). The zero-order chi connectivity index (χ0) is 11.0. The fourth-order valence-electron chi connectivity index (χ4n) is 1.69. The summed E-state index contributed by atoms with van der Waals surface area (Å²) in [5, 5.41) is 8.93. The van der Waals surface area contributed by atoms with E-state index in [0.29, 0.717) is 6.54 Å². The highest BCUT2D eigenvalue weighted by Crippen LogP contribution is 2.22. The lowest BCUT2D eigenvalue weighted by atomic mass is 10.3. The van der Waals surface area contributed by atoms with E-state index in [1.54, 1.807) is 17.5 Å². The predicted molar refractivity (Wildman–Crippen MR) is 63.4 cm³/mol. The van der Waals surface area contributed by atoms with Crippen LogP contribution in [-0.4, -0.2) is 26.1 Å². The molecule has 82 valence electrons. The maximum atomic E-state index is 5.57. The molecule has 3 aromatic rings. The number of hydrogen-bond donors (Lipinski definition) is 2. The Labute approximate surface area is 95.9 Å². The van der Waals surface area contributed by atoms with Crippen molar-refractivity contribution in [2.75, 3.05) is 6.54 Å². The molecule has 0 atom stereocenters. The number of hydrogen-bond acceptors (Lipinski definition) is 4. The molecule has 16 heavy (non-hydrogen) atoms. The first kappa shape index (κ1) is 9.56. The monoisotopic (exact) mass is 233 g/mol. The van der Waals surface area contributed by atoms with Gasteiger partial charge in [0.25, 0.3) is 0 Å². The molecule has 5 nitrogen and oxygen atoms in total. The van der Waals surface area contributed by atoms with Crippen molar-refractivity contribution in [3.8, 4) is 11.4 Å². The molecule has 0 bridgehead atoms. The first-order chi connectivity index (χ1) is 7.88. The third-order valence-electron chi connectivity index (χ3n) is 2.46. The van der Waals surface area contributed by atoms with Gasteiger partial charge in [0.05, 0.1) is 5.69 Å². The normalized spacial score (nSPS) is 11.3. The lowest BCUT2D eigenvalue weighted by Gasteiger charge is -1.94. The highest BCUT2D eigenvalue weighted by atomic mass is 32.1. The number of aromatic amines is 1. The summed E-state index contributed by atoms with van der Waals surface area (Å²) < 4.78 is 2.09. The van der Waals surface area contributed by atoms with Crippen molar-refractivity contribution in [3.63, 3.8) is 0 Å². The number of thiazole rings is 1. The predicted octanol–water partition coefficient (Wildman–Crippen LogP) is 1.29. The van der Waals surface area contributed by atoms with Gasteiger partial charge in [-0.15, -0.1) is 11.3 Å². The van der Waals surface area contributed by atoms with Gasteiger partial charge in [-0.2, -0.15) is 5.10 Å². The standard InChI is InChI=1S/C10H11N5S/c11-3-1-7-6-16-10-13-9(5-15(7)10)8-2-4-12-14-8/h2,4-6H,1,3,11H2,(H,12,14). The van der Waals surface area contributed by atoms with E-state index in [1.807, 2.05) is 12.3 Å². The Morgan fingerprint density at radius 2 is 2.44 bits per heavy atom. The van der Waals surface area contributed by atoms with E-state index in [2.05, 4.69) is 25.0 Å². The average molecular weight is 233 g/mol. The summed E-state index contributed by atoms with van der Waals surface area (Å²) in [6.45, 7) is 0.656. The minimum Gasteiger partial charge on any atom is -0.330 e. The molecule has 3 N–H and O–H groups in total. The zero-order valence-corrected chi connectivity index (χ0v) is 9.37. The van der Waals surface area contributed by atoms with Crippen molar-refractivity contribution in [2.24, 2.45) is 5.73 Å². The summed E-state index contributed by atoms with van der Waals surface area (Å²) >= 11 is 1.63. The molecule has 0 amide bonds. The van der Waals surface area contributed by atoms with Gasteiger partial charge in [-0.25, -0.2) is 4.98 Å². The van der Waals surface area contributed by atoms with Crippen LogP contribution in [0.4, 0.5) is 0 Å². The second-order valence-electron chi connectivity index (χ2n) is 3.51. The van der Waals surface area contributed by atoms with Crippen LogP contribution < -0.4 is 5.73 Å². The van der Waals surface area contributed by atoms with Gasteiger partial charge in [-0.05, 0) is 12.6 Å². The molecule has 0 radical (unpaired) electrons. The molecule has 0 spiro atoms. The quantitative estimate of drug-likeness (QED) is 0.716. The Kier molecular flexibility index (Phi) is 2.23. The minimum absolute atomic E-state index is 0.656. The molecule has 0 aliphatic rings. The number of rotatable bonds is 3. The molecule has 0 saturated carbocycles. The third-order valence-corrected chi connectivity index (χ3v) is 3.35. The lowest BCUT2D eigenvalue weighted by Crippen LogP contribution is -2.04. The maximum absolute atomic E-state index is 5.57. The molecule has 6 heteroatoms. The van der Waals surface area contributed by atoms with Crippen LogP contribution in [0.2, 0.25) is 0 Å². The first-order valence-corrected chi connectivity index (χ1v) is 5.92. The Hall–Kier alpha value is -1.66. The summed E-state index contributed by atoms with van der Waals surface area (Å²) in [6.07, 6.45) is 4.62. The second kappa shape index (κ2) is 3.73. The van der Waals surface area contributed by atoms with E-state index in [1.165, 1.54) is 5.69 Å². The molecule has 0 unspecified atom stereocenters. The van der Waals surface area contributed by atoms with Crippen LogP contribution >= 0.6 is 11.3 Å². The second-order valence-corrected chi connectivity index (χ2v) is 4.35. The van der Waals surface area contributed by atoms with Gasteiger partial charge in [0, 0.05) is 29.9 Å². The van der Waals surface area contributed by atoms with Crippen LogP contribution in [0.25, 0.3) is 16.3 Å². The molecular weight excluding hydrogens is 222 g/mol. The Bertz CT molecular complexity index is 592. The van der Waals surface area contributed by atoms with E-state index in [9.17, 15) is 0 Å². The fraction of sp³-hybridized carbons (Fsp3) is 0.200. The minimum atomic E-state index is 0.656.